The van der Waals surface area contributed by atoms with Crippen molar-refractivity contribution in [3.63, 3.8) is 0 Å². The smallest absolute Gasteiger partial charge is 1.00 e. The summed E-state index contributed by atoms with van der Waals surface area (Å²) in [6, 6.07) is 0. The fourth-order valence-electron chi connectivity index (χ4n) is 1.49. The molecule has 1 amide bonds. The van der Waals surface area contributed by atoms with E-state index in [0.29, 0.717) is 12.5 Å². The first kappa shape index (κ1) is 18.8. The van der Waals surface area contributed by atoms with Crippen LogP contribution in [0.2, 0.25) is 0 Å². The molecule has 0 heterocycles. The molecule has 1 N–H and O–H groups in total. The first-order valence-electron chi connectivity index (χ1n) is 5.86. The zero-order valence-corrected chi connectivity index (χ0v) is 13.1. The van der Waals surface area contributed by atoms with Gasteiger partial charge in [-0.3, -0.25) is 9.59 Å². The molecule has 4 heteroatoms. The van der Waals surface area contributed by atoms with Crippen molar-refractivity contribution in [3.8, 4) is 0 Å². The Balaban J connectivity index is -0.000000327. The van der Waals surface area contributed by atoms with Gasteiger partial charge < -0.3 is 8.17 Å². The van der Waals surface area contributed by atoms with E-state index in [1.165, 1.54) is 19.8 Å². The van der Waals surface area contributed by atoms with Crippen LogP contribution in [-0.4, -0.2) is 56.0 Å². The Hall–Kier alpha value is 0.400. The molecule has 16 heavy (non-hydrogen) atoms. The number of hydrogen-bond donors (Lipinski definition) is 1. The minimum atomic E-state index is -0.141. The minimum Gasteiger partial charge on any atom is -1.00 e. The van der Waals surface area contributed by atoms with Gasteiger partial charge in [0, 0.05) is 6.54 Å². The maximum atomic E-state index is 11.2. The maximum absolute atomic E-state index is 11.2. The Kier molecular flexibility index (Phi) is 13.9. The van der Waals surface area contributed by atoms with E-state index >= 15 is 0 Å². The van der Waals surface area contributed by atoms with E-state index in [1.807, 2.05) is 0 Å². The van der Waals surface area contributed by atoms with Crippen LogP contribution in [0.3, 0.4) is 0 Å². The molecule has 0 saturated carbocycles. The number of carbonyl (C=O) groups is 2. The molecule has 0 saturated heterocycles. The number of nitrogens with one attached hydrogen (secondary N) is 1. The molecule has 0 spiro atoms. The fraction of sp³-hybridized carbons (Fsp3) is 0.833. The number of amides is 1. The van der Waals surface area contributed by atoms with E-state index in [1.54, 1.807) is 0 Å². The number of unbranched alkanes of at least 4 members (excludes halogenated alkanes) is 1. The first-order chi connectivity index (χ1) is 7.10. The summed E-state index contributed by atoms with van der Waals surface area (Å²) in [4.78, 5) is 21.9. The van der Waals surface area contributed by atoms with Crippen molar-refractivity contribution >= 4 is 49.4 Å². The third-order valence-electron chi connectivity index (χ3n) is 2.54. The van der Waals surface area contributed by atoms with Gasteiger partial charge in [0.2, 0.25) is 5.91 Å². The molecule has 92 valence electrons. The Labute approximate surface area is 132 Å². The summed E-state index contributed by atoms with van der Waals surface area (Å²) in [5.41, 5.74) is 0. The van der Waals surface area contributed by atoms with E-state index < -0.39 is 0 Å². The van der Waals surface area contributed by atoms with Gasteiger partial charge in [0.15, 0.2) is 0 Å². The van der Waals surface area contributed by atoms with Gasteiger partial charge in [0.1, 0.15) is 5.78 Å². The van der Waals surface area contributed by atoms with Gasteiger partial charge in [0.05, 0.1) is 6.42 Å². The molecule has 0 aromatic carbocycles. The summed E-state index contributed by atoms with van der Waals surface area (Å²) in [6.45, 7) is 6.45. The van der Waals surface area contributed by atoms with Crippen molar-refractivity contribution in [2.75, 3.05) is 6.54 Å². The normalized spacial score (nSPS) is 11.4. The summed E-state index contributed by atoms with van der Waals surface area (Å²) >= 11 is 0. The molecule has 3 nitrogen and oxygen atoms in total. The predicted molar refractivity (Wildman–Crippen MR) is 69.6 cm³/mol. The molecule has 0 aromatic heterocycles. The SMILES string of the molecule is CCCCC(CC)CNC(=O)CC(C)=O.[Ca+2].[H-].[H-]. The van der Waals surface area contributed by atoms with E-state index in [2.05, 4.69) is 19.2 Å². The van der Waals surface area contributed by atoms with Gasteiger partial charge in [-0.05, 0) is 19.3 Å². The molecular formula is C12H25CaNO2. The molecule has 0 fully saturated rings. The zero-order chi connectivity index (χ0) is 11.7. The molecule has 0 radical (unpaired) electrons. The van der Waals surface area contributed by atoms with Gasteiger partial charge in [0.25, 0.3) is 0 Å². The largest absolute Gasteiger partial charge is 2.00 e. The van der Waals surface area contributed by atoms with Gasteiger partial charge >= 0.3 is 37.7 Å². The Morgan fingerprint density at radius 1 is 1.31 bits per heavy atom. The average molecular weight is 255 g/mol. The molecule has 0 aliphatic heterocycles. The van der Waals surface area contributed by atoms with Crippen molar-refractivity contribution < 1.29 is 12.4 Å². The maximum Gasteiger partial charge on any atom is 2.00 e. The van der Waals surface area contributed by atoms with E-state index in [-0.39, 0.29) is 58.7 Å². The first-order valence-corrected chi connectivity index (χ1v) is 5.86. The predicted octanol–water partition coefficient (Wildman–Crippen LogP) is 2.14. The molecule has 0 aliphatic carbocycles. The Bertz CT molecular complexity index is 216. The quantitative estimate of drug-likeness (QED) is 0.533. The summed E-state index contributed by atoms with van der Waals surface area (Å²) < 4.78 is 0. The van der Waals surface area contributed by atoms with Crippen LogP contribution in [0.4, 0.5) is 0 Å². The number of rotatable bonds is 8. The van der Waals surface area contributed by atoms with Crippen LogP contribution in [0, 0.1) is 5.92 Å². The van der Waals surface area contributed by atoms with Crippen molar-refractivity contribution in [3.05, 3.63) is 0 Å². The Morgan fingerprint density at radius 3 is 2.38 bits per heavy atom. The van der Waals surface area contributed by atoms with E-state index in [4.69, 9.17) is 0 Å². The van der Waals surface area contributed by atoms with Crippen molar-refractivity contribution in [2.24, 2.45) is 5.92 Å². The third kappa shape index (κ3) is 10.9. The monoisotopic (exact) mass is 255 g/mol. The number of carbonyl (C=O) groups excluding carboxylic acids is 2. The fourth-order valence-corrected chi connectivity index (χ4v) is 1.49. The second kappa shape index (κ2) is 11.9. The topological polar surface area (TPSA) is 46.2 Å². The zero-order valence-electron chi connectivity index (χ0n) is 12.8. The molecule has 1 atom stereocenters. The van der Waals surface area contributed by atoms with Gasteiger partial charge in [-0.25, -0.2) is 0 Å². The average Bonchev–Trinajstić information content (AvgIpc) is 2.17. The van der Waals surface area contributed by atoms with Crippen LogP contribution < -0.4 is 5.32 Å². The van der Waals surface area contributed by atoms with Crippen LogP contribution >= 0.6 is 0 Å². The van der Waals surface area contributed by atoms with Crippen molar-refractivity contribution in [1.29, 1.82) is 0 Å². The summed E-state index contributed by atoms with van der Waals surface area (Å²) in [7, 11) is 0. The minimum absolute atomic E-state index is 0. The van der Waals surface area contributed by atoms with Crippen molar-refractivity contribution in [2.45, 2.75) is 52.9 Å². The number of hydrogen-bond acceptors (Lipinski definition) is 2. The second-order valence-corrected chi connectivity index (χ2v) is 4.10. The van der Waals surface area contributed by atoms with Gasteiger partial charge in [-0.15, -0.1) is 0 Å². The molecule has 0 aliphatic rings. The second-order valence-electron chi connectivity index (χ2n) is 4.10. The van der Waals surface area contributed by atoms with Gasteiger partial charge in [-0.2, -0.15) is 0 Å². The van der Waals surface area contributed by atoms with Crippen LogP contribution in [0.5, 0.6) is 0 Å². The Morgan fingerprint density at radius 2 is 1.94 bits per heavy atom. The van der Waals surface area contributed by atoms with Gasteiger partial charge in [-0.1, -0.05) is 33.1 Å². The van der Waals surface area contributed by atoms with Crippen LogP contribution in [-0.2, 0) is 9.59 Å². The standard InChI is InChI=1S/C12H23NO2.Ca.2H/c1-4-6-7-11(5-2)9-13-12(15)8-10(3)14;;;/h11H,4-9H2,1-3H3,(H,13,15);;;/q;+2;2*-1. The molecule has 0 aromatic rings. The number of Topliss-reactive ketones (excluding diaryl/α,β-unsaturated/α-hetero) is 1. The third-order valence-corrected chi connectivity index (χ3v) is 2.54. The van der Waals surface area contributed by atoms with Crippen molar-refractivity contribution in [1.82, 2.24) is 5.32 Å². The summed E-state index contributed by atoms with van der Waals surface area (Å²) in [5, 5.41) is 2.81. The summed E-state index contributed by atoms with van der Waals surface area (Å²) in [5.74, 6) is 0.340. The number of ketones is 1. The molecule has 1 unspecified atom stereocenters. The van der Waals surface area contributed by atoms with Crippen LogP contribution in [0.25, 0.3) is 0 Å². The molecule has 0 rings (SSSR count). The molecule has 0 bridgehead atoms. The van der Waals surface area contributed by atoms with Crippen LogP contribution in [0.15, 0.2) is 0 Å². The van der Waals surface area contributed by atoms with Crippen LogP contribution in [0.1, 0.15) is 55.7 Å². The summed E-state index contributed by atoms with van der Waals surface area (Å²) in [6.07, 6.45) is 4.66. The molecular weight excluding hydrogens is 230 g/mol. The van der Waals surface area contributed by atoms with E-state index in [0.717, 1.165) is 12.8 Å². The van der Waals surface area contributed by atoms with E-state index in [9.17, 15) is 9.59 Å².